The number of aromatic amines is 1. The van der Waals surface area contributed by atoms with Gasteiger partial charge < -0.3 is 9.72 Å². The number of fused-ring (bicyclic) bond motifs is 1. The van der Waals surface area contributed by atoms with Gasteiger partial charge in [-0.25, -0.2) is 12.8 Å². The fourth-order valence-corrected chi connectivity index (χ4v) is 4.70. The summed E-state index contributed by atoms with van der Waals surface area (Å²) in [6, 6.07) is 5.41. The van der Waals surface area contributed by atoms with Crippen molar-refractivity contribution in [3.8, 4) is 0 Å². The Balaban J connectivity index is 1.60. The van der Waals surface area contributed by atoms with Crippen LogP contribution in [0.3, 0.4) is 0 Å². The molecule has 2 N–H and O–H groups in total. The molecule has 1 aliphatic rings. The molecule has 7 nitrogen and oxygen atoms in total. The van der Waals surface area contributed by atoms with Gasteiger partial charge in [-0.2, -0.15) is 9.37 Å². The van der Waals surface area contributed by atoms with Crippen molar-refractivity contribution in [3.05, 3.63) is 52.8 Å². The minimum Gasteiger partial charge on any atom is -0.466 e. The first-order chi connectivity index (χ1) is 14.2. The van der Waals surface area contributed by atoms with E-state index in [0.29, 0.717) is 22.3 Å². The van der Waals surface area contributed by atoms with Crippen LogP contribution >= 0.6 is 11.6 Å². The normalized spacial score (nSPS) is 18.4. The van der Waals surface area contributed by atoms with Gasteiger partial charge in [-0.1, -0.05) is 11.6 Å². The first kappa shape index (κ1) is 20.5. The molecule has 11 heteroatoms. The van der Waals surface area contributed by atoms with Gasteiger partial charge in [0.25, 0.3) is 10.0 Å². The zero-order valence-corrected chi connectivity index (χ0v) is 17.2. The molecule has 30 heavy (non-hydrogen) atoms. The quantitative estimate of drug-likeness (QED) is 0.432. The van der Waals surface area contributed by atoms with Crippen molar-refractivity contribution in [2.75, 3.05) is 11.3 Å². The highest BCUT2D eigenvalue weighted by Gasteiger charge is 2.47. The van der Waals surface area contributed by atoms with Gasteiger partial charge in [0, 0.05) is 33.6 Å². The lowest BCUT2D eigenvalue weighted by Gasteiger charge is -2.10. The summed E-state index contributed by atoms with van der Waals surface area (Å²) in [7, 11) is -4.27. The molecule has 2 unspecified atom stereocenters. The number of rotatable bonds is 6. The number of carbonyl (C=O) groups excluding carboxylic acids is 1. The highest BCUT2D eigenvalue weighted by molar-refractivity contribution is 7.93. The number of esters is 1. The van der Waals surface area contributed by atoms with Crippen LogP contribution in [0.1, 0.15) is 24.8 Å². The van der Waals surface area contributed by atoms with Crippen LogP contribution in [-0.2, 0) is 19.6 Å². The van der Waals surface area contributed by atoms with Gasteiger partial charge in [-0.15, -0.1) is 0 Å². The Morgan fingerprint density at radius 3 is 2.87 bits per heavy atom. The smallest absolute Gasteiger partial charge is 0.309 e. The number of hydrogen-bond acceptors (Lipinski definition) is 5. The third kappa shape index (κ3) is 3.72. The Hall–Kier alpha value is -2.72. The number of pyridine rings is 1. The maximum Gasteiger partial charge on any atom is 0.309 e. The Bertz CT molecular complexity index is 1260. The van der Waals surface area contributed by atoms with Gasteiger partial charge in [-0.3, -0.25) is 9.52 Å². The van der Waals surface area contributed by atoms with Gasteiger partial charge in [0.15, 0.2) is 11.6 Å². The molecule has 158 valence electrons. The fourth-order valence-electron chi connectivity index (χ4n) is 3.34. The Kier molecular flexibility index (Phi) is 5.15. The van der Waals surface area contributed by atoms with Crippen molar-refractivity contribution in [2.45, 2.75) is 24.2 Å². The molecule has 0 aliphatic heterocycles. The summed E-state index contributed by atoms with van der Waals surface area (Å²) < 4.78 is 61.3. The van der Waals surface area contributed by atoms with E-state index in [-0.39, 0.29) is 17.1 Å². The number of ether oxygens (including phenoxy) is 1. The third-order valence-corrected chi connectivity index (χ3v) is 6.48. The molecule has 0 amide bonds. The first-order valence-corrected chi connectivity index (χ1v) is 10.9. The Morgan fingerprint density at radius 1 is 1.37 bits per heavy atom. The molecule has 4 rings (SSSR count). The molecule has 1 aliphatic carbocycles. The number of halogens is 3. The Labute approximate surface area is 175 Å². The zero-order valence-electron chi connectivity index (χ0n) is 15.6. The standard InChI is InChI=1S/C19H16ClF2N3O4S/c1-2-29-19(26)13-6-11(13)12-7-14(21)18(24-17(12)22)25-30(27,28)16-8-23-15-5-9(20)3-4-10(15)16/h3-5,7-8,11,13,23H,2,6H2,1H3,(H,24,25). The van der Waals surface area contributed by atoms with Gasteiger partial charge in [0.2, 0.25) is 5.95 Å². The topological polar surface area (TPSA) is 101 Å². The van der Waals surface area contributed by atoms with Gasteiger partial charge >= 0.3 is 5.97 Å². The molecule has 0 bridgehead atoms. The second kappa shape index (κ2) is 7.51. The Morgan fingerprint density at radius 2 is 2.13 bits per heavy atom. The average Bonchev–Trinajstić information content (AvgIpc) is 3.35. The van der Waals surface area contributed by atoms with Crippen LogP contribution < -0.4 is 4.72 Å². The highest BCUT2D eigenvalue weighted by Crippen LogP contribution is 2.49. The summed E-state index contributed by atoms with van der Waals surface area (Å²) in [4.78, 5) is 17.8. The SMILES string of the molecule is CCOC(=O)C1CC1c1cc(F)c(NS(=O)(=O)c2c[nH]c3cc(Cl)ccc23)nc1F. The monoisotopic (exact) mass is 455 g/mol. The van der Waals surface area contributed by atoms with E-state index >= 15 is 0 Å². The van der Waals surface area contributed by atoms with Crippen LogP contribution in [0.5, 0.6) is 0 Å². The molecule has 0 radical (unpaired) electrons. The summed E-state index contributed by atoms with van der Waals surface area (Å²) in [6.45, 7) is 1.85. The minimum absolute atomic E-state index is 0.0877. The first-order valence-electron chi connectivity index (χ1n) is 9.03. The molecule has 2 atom stereocenters. The van der Waals surface area contributed by atoms with Crippen LogP contribution in [0, 0.1) is 17.7 Å². The minimum atomic E-state index is -4.27. The summed E-state index contributed by atoms with van der Waals surface area (Å²) in [6.07, 6.45) is 1.54. The molecule has 1 saturated carbocycles. The zero-order chi connectivity index (χ0) is 21.6. The number of nitrogens with zero attached hydrogens (tertiary/aromatic N) is 1. The van der Waals surface area contributed by atoms with Crippen molar-refractivity contribution in [3.63, 3.8) is 0 Å². The van der Waals surface area contributed by atoms with E-state index in [1.165, 1.54) is 18.3 Å². The molecule has 2 aromatic heterocycles. The molecule has 3 aromatic rings. The molecule has 1 fully saturated rings. The average molecular weight is 456 g/mol. The van der Waals surface area contributed by atoms with Crippen molar-refractivity contribution in [1.82, 2.24) is 9.97 Å². The summed E-state index contributed by atoms with van der Waals surface area (Å²) >= 11 is 5.89. The predicted octanol–water partition coefficient (Wildman–Crippen LogP) is 3.96. The number of nitrogens with one attached hydrogen (secondary N) is 2. The molecule has 0 spiro atoms. The van der Waals surface area contributed by atoms with E-state index in [4.69, 9.17) is 16.3 Å². The lowest BCUT2D eigenvalue weighted by Crippen LogP contribution is -2.16. The van der Waals surface area contributed by atoms with E-state index < -0.39 is 45.4 Å². The van der Waals surface area contributed by atoms with Crippen LogP contribution in [0.25, 0.3) is 10.9 Å². The number of hydrogen-bond donors (Lipinski definition) is 2. The van der Waals surface area contributed by atoms with Crippen molar-refractivity contribution < 1.29 is 26.7 Å². The third-order valence-electron chi connectivity index (χ3n) is 4.86. The van der Waals surface area contributed by atoms with Crippen LogP contribution in [0.15, 0.2) is 35.4 Å². The van der Waals surface area contributed by atoms with Gasteiger partial charge in [0.1, 0.15) is 4.90 Å². The molecular weight excluding hydrogens is 440 g/mol. The molecular formula is C19H16ClF2N3O4S. The van der Waals surface area contributed by atoms with E-state index in [1.807, 2.05) is 4.72 Å². The van der Waals surface area contributed by atoms with E-state index in [2.05, 4.69) is 9.97 Å². The number of aromatic nitrogens is 2. The number of benzene rings is 1. The molecule has 0 saturated heterocycles. The lowest BCUT2D eigenvalue weighted by atomic mass is 10.1. The van der Waals surface area contributed by atoms with Crippen LogP contribution in [0.2, 0.25) is 5.02 Å². The van der Waals surface area contributed by atoms with Gasteiger partial charge in [0.05, 0.1) is 12.5 Å². The second-order valence-electron chi connectivity index (χ2n) is 6.85. The number of carbonyl (C=O) groups is 1. The molecule has 2 heterocycles. The second-order valence-corrected chi connectivity index (χ2v) is 8.94. The van der Waals surface area contributed by atoms with Crippen molar-refractivity contribution in [2.24, 2.45) is 5.92 Å². The van der Waals surface area contributed by atoms with Crippen molar-refractivity contribution >= 4 is 44.3 Å². The summed E-state index contributed by atoms with van der Waals surface area (Å²) in [5.41, 5.74) is 0.381. The predicted molar refractivity (Wildman–Crippen MR) is 106 cm³/mol. The van der Waals surface area contributed by atoms with E-state index in [9.17, 15) is 22.0 Å². The molecule has 1 aromatic carbocycles. The number of sulfonamides is 1. The van der Waals surface area contributed by atoms with Crippen LogP contribution in [-0.4, -0.2) is 31.0 Å². The number of anilines is 1. The van der Waals surface area contributed by atoms with E-state index in [1.54, 1.807) is 13.0 Å². The van der Waals surface area contributed by atoms with E-state index in [0.717, 1.165) is 6.07 Å². The maximum atomic E-state index is 14.5. The van der Waals surface area contributed by atoms with Crippen LogP contribution in [0.4, 0.5) is 14.6 Å². The van der Waals surface area contributed by atoms with Gasteiger partial charge in [-0.05, 0) is 37.6 Å². The summed E-state index contributed by atoms with van der Waals surface area (Å²) in [5.74, 6) is -4.44. The summed E-state index contributed by atoms with van der Waals surface area (Å²) in [5, 5.41) is 0.743. The fraction of sp³-hybridized carbons (Fsp3) is 0.263. The lowest BCUT2D eigenvalue weighted by molar-refractivity contribution is -0.144. The highest BCUT2D eigenvalue weighted by atomic mass is 35.5. The largest absolute Gasteiger partial charge is 0.466 e. The maximum absolute atomic E-state index is 14.5. The number of H-pyrrole nitrogens is 1. The van der Waals surface area contributed by atoms with Crippen molar-refractivity contribution in [1.29, 1.82) is 0 Å².